The Kier molecular flexibility index (Phi) is 6.05. The second-order valence-corrected chi connectivity index (χ2v) is 4.11. The van der Waals surface area contributed by atoms with Crippen LogP contribution in [0, 0.1) is 11.6 Å². The zero-order chi connectivity index (χ0) is 16.0. The van der Waals surface area contributed by atoms with Crippen LogP contribution in [0.25, 0.3) is 0 Å². The van der Waals surface area contributed by atoms with Crippen molar-refractivity contribution in [2.24, 2.45) is 0 Å². The highest BCUT2D eigenvalue weighted by Crippen LogP contribution is 2.20. The van der Waals surface area contributed by atoms with E-state index in [4.69, 9.17) is 17.3 Å². The minimum absolute atomic E-state index is 0.0400. The van der Waals surface area contributed by atoms with Crippen LogP contribution in [0.3, 0.4) is 0 Å². The first-order valence-corrected chi connectivity index (χ1v) is 6.52. The number of nitrogens with zero attached hydrogens (tertiary/aromatic N) is 1. The van der Waals surface area contributed by atoms with E-state index >= 15 is 0 Å². The molecule has 2 rings (SSSR count). The van der Waals surface area contributed by atoms with Gasteiger partial charge in [-0.25, -0.2) is 13.8 Å². The Hall–Kier alpha value is -2.21. The maximum Gasteiger partial charge on any atom is 0.274 e. The fourth-order valence-corrected chi connectivity index (χ4v) is 1.50. The number of aromatic nitrogens is 1. The van der Waals surface area contributed by atoms with Crippen molar-refractivity contribution in [1.82, 2.24) is 4.98 Å². The Balaban J connectivity index is 0.00000106. The molecule has 0 aliphatic heterocycles. The minimum Gasteiger partial charge on any atom is -0.396 e. The highest BCUT2D eigenvalue weighted by atomic mass is 35.5. The van der Waals surface area contributed by atoms with Crippen molar-refractivity contribution in [3.63, 3.8) is 0 Å². The van der Waals surface area contributed by atoms with E-state index < -0.39 is 17.5 Å². The van der Waals surface area contributed by atoms with Gasteiger partial charge in [-0.1, -0.05) is 25.4 Å². The van der Waals surface area contributed by atoms with Crippen LogP contribution in [0.5, 0.6) is 0 Å². The number of nitrogens with two attached hydrogens (primary N) is 1. The standard InChI is InChI=1S/C12H8ClF2N3O.C2H6/c13-6-1-2-10(17-5-6)12(19)18-7-3-8(14)11(15)9(16)4-7;1-2/h1-5H,16H2,(H,18,19);1-2H3. The van der Waals surface area contributed by atoms with E-state index in [1.807, 2.05) is 13.8 Å². The summed E-state index contributed by atoms with van der Waals surface area (Å²) in [5, 5.41) is 2.74. The molecule has 4 nitrogen and oxygen atoms in total. The summed E-state index contributed by atoms with van der Waals surface area (Å²) >= 11 is 5.63. The number of rotatable bonds is 2. The van der Waals surface area contributed by atoms with Crippen molar-refractivity contribution < 1.29 is 13.6 Å². The molecular formula is C14H14ClF2N3O. The SMILES string of the molecule is CC.Nc1cc(NC(=O)c2ccc(Cl)cn2)cc(F)c1F. The van der Waals surface area contributed by atoms with E-state index in [2.05, 4.69) is 10.3 Å². The molecule has 1 aromatic carbocycles. The second kappa shape index (κ2) is 7.54. The van der Waals surface area contributed by atoms with Crippen molar-refractivity contribution in [2.75, 3.05) is 11.1 Å². The summed E-state index contributed by atoms with van der Waals surface area (Å²) in [5.41, 5.74) is 5.00. The first-order chi connectivity index (χ1) is 9.97. The average Bonchev–Trinajstić information content (AvgIpc) is 2.47. The smallest absolute Gasteiger partial charge is 0.274 e. The van der Waals surface area contributed by atoms with Crippen molar-refractivity contribution in [2.45, 2.75) is 13.8 Å². The normalized spacial score (nSPS) is 9.57. The number of hydrogen-bond acceptors (Lipinski definition) is 3. The van der Waals surface area contributed by atoms with Crippen LogP contribution in [0.15, 0.2) is 30.5 Å². The van der Waals surface area contributed by atoms with Crippen molar-refractivity contribution in [3.05, 3.63) is 52.8 Å². The molecule has 0 unspecified atom stereocenters. The summed E-state index contributed by atoms with van der Waals surface area (Å²) in [6.45, 7) is 4.00. The molecule has 21 heavy (non-hydrogen) atoms. The van der Waals surface area contributed by atoms with Gasteiger partial charge < -0.3 is 11.1 Å². The van der Waals surface area contributed by atoms with Crippen LogP contribution in [0.2, 0.25) is 5.02 Å². The van der Waals surface area contributed by atoms with Gasteiger partial charge in [0, 0.05) is 18.0 Å². The molecule has 3 N–H and O–H groups in total. The minimum atomic E-state index is -1.15. The fourth-order valence-electron chi connectivity index (χ4n) is 1.39. The van der Waals surface area contributed by atoms with Crippen molar-refractivity contribution in [3.8, 4) is 0 Å². The maximum absolute atomic E-state index is 13.1. The van der Waals surface area contributed by atoms with E-state index in [-0.39, 0.29) is 17.1 Å². The van der Waals surface area contributed by atoms with Gasteiger partial charge in [-0.15, -0.1) is 0 Å². The molecule has 0 bridgehead atoms. The third kappa shape index (κ3) is 4.39. The Labute approximate surface area is 125 Å². The van der Waals surface area contributed by atoms with Crippen molar-refractivity contribution >= 4 is 28.9 Å². The lowest BCUT2D eigenvalue weighted by molar-refractivity contribution is 0.102. The lowest BCUT2D eigenvalue weighted by Gasteiger charge is -2.07. The number of hydrogen-bond donors (Lipinski definition) is 2. The largest absolute Gasteiger partial charge is 0.396 e. The predicted octanol–water partition coefficient (Wildman–Crippen LogP) is 3.87. The number of anilines is 2. The van der Waals surface area contributed by atoms with E-state index in [1.165, 1.54) is 18.3 Å². The maximum atomic E-state index is 13.1. The summed E-state index contributed by atoms with van der Waals surface area (Å²) in [6.07, 6.45) is 1.30. The summed E-state index contributed by atoms with van der Waals surface area (Å²) in [5.74, 6) is -2.87. The molecule has 1 aromatic heterocycles. The number of nitrogen functional groups attached to an aromatic ring is 1. The van der Waals surface area contributed by atoms with Gasteiger partial charge in [0.2, 0.25) is 0 Å². The summed E-state index contributed by atoms with van der Waals surface area (Å²) in [6, 6.07) is 4.84. The Morgan fingerprint density at radius 3 is 2.48 bits per heavy atom. The monoisotopic (exact) mass is 313 g/mol. The molecule has 7 heteroatoms. The third-order valence-corrected chi connectivity index (χ3v) is 2.50. The number of nitrogens with one attached hydrogen (secondary N) is 1. The van der Waals surface area contributed by atoms with Gasteiger partial charge in [-0.2, -0.15) is 0 Å². The molecule has 112 valence electrons. The van der Waals surface area contributed by atoms with Gasteiger partial charge in [0.15, 0.2) is 11.6 Å². The predicted molar refractivity (Wildman–Crippen MR) is 79.3 cm³/mol. The summed E-state index contributed by atoms with van der Waals surface area (Å²) in [4.78, 5) is 15.6. The molecular weight excluding hydrogens is 300 g/mol. The molecule has 0 saturated heterocycles. The van der Waals surface area contributed by atoms with Crippen LogP contribution in [0.4, 0.5) is 20.2 Å². The zero-order valence-corrected chi connectivity index (χ0v) is 12.2. The van der Waals surface area contributed by atoms with Gasteiger partial charge in [0.05, 0.1) is 10.7 Å². The zero-order valence-electron chi connectivity index (χ0n) is 11.5. The molecule has 0 aliphatic carbocycles. The van der Waals surface area contributed by atoms with Gasteiger partial charge in [0.1, 0.15) is 5.69 Å². The molecule has 0 saturated carbocycles. The molecule has 0 fully saturated rings. The number of benzene rings is 1. The quantitative estimate of drug-likeness (QED) is 0.827. The van der Waals surface area contributed by atoms with Gasteiger partial charge in [-0.05, 0) is 18.2 Å². The van der Waals surface area contributed by atoms with Gasteiger partial charge in [0.25, 0.3) is 5.91 Å². The lowest BCUT2D eigenvalue weighted by atomic mass is 10.2. The van der Waals surface area contributed by atoms with Crippen LogP contribution in [-0.2, 0) is 0 Å². The second-order valence-electron chi connectivity index (χ2n) is 3.68. The molecule has 1 amide bonds. The fraction of sp³-hybridized carbons (Fsp3) is 0.143. The number of carbonyl (C=O) groups excluding carboxylic acids is 1. The van der Waals surface area contributed by atoms with Gasteiger partial charge in [-0.3, -0.25) is 4.79 Å². The topological polar surface area (TPSA) is 68.0 Å². The van der Waals surface area contributed by atoms with E-state index in [9.17, 15) is 13.6 Å². The average molecular weight is 314 g/mol. The molecule has 1 heterocycles. The highest BCUT2D eigenvalue weighted by molar-refractivity contribution is 6.30. The van der Waals surface area contributed by atoms with Crippen molar-refractivity contribution in [1.29, 1.82) is 0 Å². The van der Waals surface area contributed by atoms with Crippen LogP contribution >= 0.6 is 11.6 Å². The molecule has 0 aliphatic rings. The summed E-state index contributed by atoms with van der Waals surface area (Å²) in [7, 11) is 0. The summed E-state index contributed by atoms with van der Waals surface area (Å²) < 4.78 is 26.1. The first kappa shape index (κ1) is 16.8. The molecule has 0 spiro atoms. The Bertz CT molecular complexity index is 610. The number of carbonyl (C=O) groups is 1. The highest BCUT2D eigenvalue weighted by Gasteiger charge is 2.12. The number of amides is 1. The van der Waals surface area contributed by atoms with E-state index in [0.717, 1.165) is 12.1 Å². The third-order valence-electron chi connectivity index (χ3n) is 2.27. The molecule has 2 aromatic rings. The number of halogens is 3. The number of pyridine rings is 1. The van der Waals surface area contributed by atoms with E-state index in [0.29, 0.717) is 5.02 Å². The lowest BCUT2D eigenvalue weighted by Crippen LogP contribution is -2.14. The van der Waals surface area contributed by atoms with Crippen LogP contribution < -0.4 is 11.1 Å². The first-order valence-electron chi connectivity index (χ1n) is 6.15. The van der Waals surface area contributed by atoms with E-state index in [1.54, 1.807) is 0 Å². The van der Waals surface area contributed by atoms with Gasteiger partial charge >= 0.3 is 0 Å². The molecule has 0 atom stereocenters. The van der Waals surface area contributed by atoms with Crippen LogP contribution in [0.1, 0.15) is 24.3 Å². The van der Waals surface area contributed by atoms with Crippen LogP contribution in [-0.4, -0.2) is 10.9 Å². The Morgan fingerprint density at radius 2 is 1.95 bits per heavy atom. The Morgan fingerprint density at radius 1 is 1.29 bits per heavy atom. The molecule has 0 radical (unpaired) electrons.